The molecular weight excluding hydrogens is 159 g/mol. The molecular formula is C4H3SSe. The van der Waals surface area contributed by atoms with Crippen LogP contribution in [0.5, 0.6) is 0 Å². The first-order valence-corrected chi connectivity index (χ1v) is 3.39. The maximum atomic E-state index is 2.89. The van der Waals surface area contributed by atoms with Crippen LogP contribution >= 0.6 is 11.3 Å². The van der Waals surface area contributed by atoms with Crippen molar-refractivity contribution >= 4 is 31.8 Å². The summed E-state index contributed by atoms with van der Waals surface area (Å²) >= 11 is 4.60. The fourth-order valence-corrected chi connectivity index (χ4v) is 1.46. The quantitative estimate of drug-likeness (QED) is 0.488. The Balaban J connectivity index is 3.05. The molecule has 1 radical (unpaired) electrons. The Hall–Kier alpha value is 0.219. The summed E-state index contributed by atoms with van der Waals surface area (Å²) in [5.74, 6) is 0. The van der Waals surface area contributed by atoms with Gasteiger partial charge in [0.05, 0.1) is 0 Å². The molecule has 0 aliphatic rings. The normalized spacial score (nSPS) is 8.67. The van der Waals surface area contributed by atoms with Crippen LogP contribution in [0.4, 0.5) is 0 Å². The van der Waals surface area contributed by atoms with Crippen LogP contribution in [-0.4, -0.2) is 16.0 Å². The molecule has 0 atom stereocenters. The van der Waals surface area contributed by atoms with E-state index < -0.39 is 0 Å². The Kier molecular flexibility index (Phi) is 1.30. The molecule has 0 saturated carbocycles. The monoisotopic (exact) mass is 163 g/mol. The van der Waals surface area contributed by atoms with Crippen LogP contribution in [0.15, 0.2) is 16.8 Å². The van der Waals surface area contributed by atoms with E-state index in [4.69, 9.17) is 0 Å². The van der Waals surface area contributed by atoms with Gasteiger partial charge >= 0.3 is 48.6 Å². The molecule has 1 heterocycles. The van der Waals surface area contributed by atoms with E-state index in [0.29, 0.717) is 0 Å². The first-order valence-electron chi connectivity index (χ1n) is 1.59. The molecule has 1 aromatic rings. The van der Waals surface area contributed by atoms with Crippen LogP contribution in [0.1, 0.15) is 0 Å². The second-order valence-corrected chi connectivity index (χ2v) is 2.73. The SMILES string of the molecule is [Se]c1ccsc1. The fraction of sp³-hybridized carbons (Fsp3) is 0. The van der Waals surface area contributed by atoms with E-state index in [9.17, 15) is 0 Å². The van der Waals surface area contributed by atoms with Crippen molar-refractivity contribution in [2.24, 2.45) is 0 Å². The molecule has 0 spiro atoms. The molecule has 0 aromatic carbocycles. The van der Waals surface area contributed by atoms with Gasteiger partial charge in [-0.15, -0.1) is 0 Å². The van der Waals surface area contributed by atoms with E-state index in [1.165, 1.54) is 4.46 Å². The van der Waals surface area contributed by atoms with Crippen LogP contribution < -0.4 is 4.46 Å². The molecule has 0 aliphatic carbocycles. The molecule has 31 valence electrons. The fourth-order valence-electron chi connectivity index (χ4n) is 0.252. The minimum absolute atomic E-state index is 1.24. The van der Waals surface area contributed by atoms with E-state index in [2.05, 4.69) is 21.4 Å². The van der Waals surface area contributed by atoms with Gasteiger partial charge in [-0.3, -0.25) is 0 Å². The Labute approximate surface area is 49.0 Å². The van der Waals surface area contributed by atoms with E-state index >= 15 is 0 Å². The van der Waals surface area contributed by atoms with Crippen molar-refractivity contribution in [2.45, 2.75) is 0 Å². The van der Waals surface area contributed by atoms with Gasteiger partial charge in [0.2, 0.25) is 0 Å². The second kappa shape index (κ2) is 1.78. The molecule has 2 heteroatoms. The second-order valence-electron chi connectivity index (χ2n) is 0.959. The summed E-state index contributed by atoms with van der Waals surface area (Å²) < 4.78 is 1.24. The summed E-state index contributed by atoms with van der Waals surface area (Å²) in [5.41, 5.74) is 0. The summed E-state index contributed by atoms with van der Waals surface area (Å²) in [7, 11) is 0. The van der Waals surface area contributed by atoms with Gasteiger partial charge in [0.1, 0.15) is 0 Å². The Morgan fingerprint density at radius 1 is 1.67 bits per heavy atom. The number of hydrogen-bond donors (Lipinski definition) is 0. The standard InChI is InChI=1S/C4H3SSe/c6-4-1-2-5-3-4/h1-3H. The summed E-state index contributed by atoms with van der Waals surface area (Å²) in [6.45, 7) is 0. The average Bonchev–Trinajstić information content (AvgIpc) is 1.86. The zero-order valence-corrected chi connectivity index (χ0v) is 5.58. The molecule has 0 N–H and O–H groups in total. The topological polar surface area (TPSA) is 0 Å². The molecule has 0 saturated heterocycles. The van der Waals surface area contributed by atoms with Crippen LogP contribution in [0.3, 0.4) is 0 Å². The van der Waals surface area contributed by atoms with Crippen LogP contribution in [-0.2, 0) is 0 Å². The van der Waals surface area contributed by atoms with Crippen molar-refractivity contribution in [3.8, 4) is 0 Å². The molecule has 6 heavy (non-hydrogen) atoms. The van der Waals surface area contributed by atoms with Crippen molar-refractivity contribution < 1.29 is 0 Å². The average molecular weight is 162 g/mol. The van der Waals surface area contributed by atoms with Gasteiger partial charge in [0.25, 0.3) is 0 Å². The predicted octanol–water partition coefficient (Wildman–Crippen LogP) is 0.542. The summed E-state index contributed by atoms with van der Waals surface area (Å²) in [5, 5.41) is 4.12. The molecule has 0 unspecified atom stereocenters. The Bertz CT molecular complexity index is 111. The zero-order chi connectivity index (χ0) is 4.41. The third-order valence-electron chi connectivity index (χ3n) is 0.495. The third-order valence-corrected chi connectivity index (χ3v) is 2.05. The van der Waals surface area contributed by atoms with Crippen molar-refractivity contribution in [1.29, 1.82) is 0 Å². The molecule has 0 fully saturated rings. The van der Waals surface area contributed by atoms with Gasteiger partial charge in [0.15, 0.2) is 0 Å². The van der Waals surface area contributed by atoms with Gasteiger partial charge in [-0.25, -0.2) is 0 Å². The van der Waals surface area contributed by atoms with Gasteiger partial charge in [-0.05, 0) is 0 Å². The predicted molar refractivity (Wildman–Crippen MR) is 29.7 cm³/mol. The molecule has 0 amide bonds. The Morgan fingerprint density at radius 3 is 2.67 bits per heavy atom. The summed E-state index contributed by atoms with van der Waals surface area (Å²) in [6, 6.07) is 2.05. The third kappa shape index (κ3) is 0.839. The Morgan fingerprint density at radius 2 is 2.50 bits per heavy atom. The van der Waals surface area contributed by atoms with Crippen molar-refractivity contribution in [3.05, 3.63) is 16.8 Å². The van der Waals surface area contributed by atoms with Crippen molar-refractivity contribution in [2.75, 3.05) is 0 Å². The van der Waals surface area contributed by atoms with Crippen molar-refractivity contribution in [1.82, 2.24) is 0 Å². The summed E-state index contributed by atoms with van der Waals surface area (Å²) in [6.07, 6.45) is 0. The zero-order valence-electron chi connectivity index (χ0n) is 3.05. The van der Waals surface area contributed by atoms with Gasteiger partial charge in [0, 0.05) is 0 Å². The molecule has 1 aromatic heterocycles. The first kappa shape index (κ1) is 4.38. The first-order chi connectivity index (χ1) is 2.89. The van der Waals surface area contributed by atoms with Gasteiger partial charge in [-0.2, -0.15) is 0 Å². The molecule has 0 aliphatic heterocycles. The van der Waals surface area contributed by atoms with E-state index in [1.54, 1.807) is 11.3 Å². The number of hydrogen-bond acceptors (Lipinski definition) is 1. The van der Waals surface area contributed by atoms with Crippen LogP contribution in [0.2, 0.25) is 0 Å². The number of rotatable bonds is 0. The molecule has 0 bridgehead atoms. The van der Waals surface area contributed by atoms with E-state index in [0.717, 1.165) is 0 Å². The number of thiophene rings is 1. The van der Waals surface area contributed by atoms with Gasteiger partial charge in [-0.1, -0.05) is 0 Å². The van der Waals surface area contributed by atoms with Crippen molar-refractivity contribution in [3.63, 3.8) is 0 Å². The van der Waals surface area contributed by atoms with E-state index in [-0.39, 0.29) is 0 Å². The minimum atomic E-state index is 1.24. The van der Waals surface area contributed by atoms with Crippen LogP contribution in [0.25, 0.3) is 0 Å². The maximum absolute atomic E-state index is 2.89. The van der Waals surface area contributed by atoms with Crippen LogP contribution in [0, 0.1) is 0 Å². The molecule has 1 rings (SSSR count). The summed E-state index contributed by atoms with van der Waals surface area (Å²) in [4.78, 5) is 0. The van der Waals surface area contributed by atoms with E-state index in [1.807, 2.05) is 11.4 Å². The molecule has 0 nitrogen and oxygen atoms in total. The van der Waals surface area contributed by atoms with Gasteiger partial charge < -0.3 is 0 Å².